The first-order chi connectivity index (χ1) is 8.43. The lowest BCUT2D eigenvalue weighted by molar-refractivity contribution is 0.130. The second kappa shape index (κ2) is 5.90. The second-order valence-electron chi connectivity index (χ2n) is 3.91. The second-order valence-corrected chi connectivity index (χ2v) is 3.91. The van der Waals surface area contributed by atoms with Gasteiger partial charge in [-0.15, -0.1) is 0 Å². The quantitative estimate of drug-likeness (QED) is 0.562. The van der Waals surface area contributed by atoms with Gasteiger partial charge in [0.15, 0.2) is 0 Å². The molecule has 98 valence electrons. The summed E-state index contributed by atoms with van der Waals surface area (Å²) < 4.78 is 10.1. The minimum atomic E-state index is -0.557. The number of benzene rings is 1. The zero-order valence-corrected chi connectivity index (χ0v) is 10.6. The van der Waals surface area contributed by atoms with Gasteiger partial charge < -0.3 is 15.2 Å². The highest BCUT2D eigenvalue weighted by Gasteiger charge is 2.11. The lowest BCUT2D eigenvalue weighted by Gasteiger charge is -2.13. The van der Waals surface area contributed by atoms with E-state index < -0.39 is 6.09 Å². The number of rotatable bonds is 4. The van der Waals surface area contributed by atoms with Crippen molar-refractivity contribution in [2.75, 3.05) is 12.4 Å². The molecular weight excluding hydrogens is 234 g/mol. The van der Waals surface area contributed by atoms with Crippen LogP contribution in [0.5, 0.6) is 5.75 Å². The van der Waals surface area contributed by atoms with Crippen LogP contribution in [0.1, 0.15) is 19.4 Å². The number of nitrogens with one attached hydrogen (secondary N) is 2. The molecule has 0 spiro atoms. The first kappa shape index (κ1) is 13.8. The summed E-state index contributed by atoms with van der Waals surface area (Å²) in [6.45, 7) is 3.52. The normalized spacial score (nSPS) is 10.0. The van der Waals surface area contributed by atoms with Gasteiger partial charge in [-0.3, -0.25) is 10.7 Å². The summed E-state index contributed by atoms with van der Waals surface area (Å²) >= 11 is 0. The van der Waals surface area contributed by atoms with Crippen molar-refractivity contribution in [3.05, 3.63) is 23.8 Å². The van der Waals surface area contributed by atoms with Crippen LogP contribution in [0.3, 0.4) is 0 Å². The predicted octanol–water partition coefficient (Wildman–Crippen LogP) is 1.94. The van der Waals surface area contributed by atoms with E-state index >= 15 is 0 Å². The molecule has 1 aromatic rings. The Morgan fingerprint density at radius 3 is 2.61 bits per heavy atom. The van der Waals surface area contributed by atoms with E-state index in [-0.39, 0.29) is 11.9 Å². The number of nitrogen functional groups attached to an aromatic ring is 1. The summed E-state index contributed by atoms with van der Waals surface area (Å²) in [7, 11) is 1.47. The van der Waals surface area contributed by atoms with Crippen LogP contribution in [0, 0.1) is 5.41 Å². The molecule has 0 heterocycles. The number of amides is 1. The van der Waals surface area contributed by atoms with Crippen molar-refractivity contribution in [3.8, 4) is 5.75 Å². The Bertz CT molecular complexity index is 458. The first-order valence-electron chi connectivity index (χ1n) is 5.44. The van der Waals surface area contributed by atoms with Crippen molar-refractivity contribution in [2.45, 2.75) is 20.0 Å². The molecule has 6 heteroatoms. The monoisotopic (exact) mass is 251 g/mol. The number of hydrogen-bond donors (Lipinski definition) is 3. The van der Waals surface area contributed by atoms with Gasteiger partial charge in [0.25, 0.3) is 0 Å². The van der Waals surface area contributed by atoms with Crippen LogP contribution in [-0.2, 0) is 4.74 Å². The van der Waals surface area contributed by atoms with Gasteiger partial charge in [0.05, 0.1) is 18.9 Å². The number of carbonyl (C=O) groups is 1. The average molecular weight is 251 g/mol. The number of hydrogen-bond acceptors (Lipinski definition) is 4. The summed E-state index contributed by atoms with van der Waals surface area (Å²) in [5, 5.41) is 9.88. The van der Waals surface area contributed by atoms with Gasteiger partial charge in [0.1, 0.15) is 11.6 Å². The van der Waals surface area contributed by atoms with Crippen molar-refractivity contribution in [2.24, 2.45) is 5.73 Å². The van der Waals surface area contributed by atoms with Gasteiger partial charge >= 0.3 is 6.09 Å². The maximum atomic E-state index is 11.5. The maximum Gasteiger partial charge on any atom is 0.411 e. The number of methoxy groups -OCH3 is 1. The molecule has 0 atom stereocenters. The highest BCUT2D eigenvalue weighted by molar-refractivity contribution is 5.97. The van der Waals surface area contributed by atoms with Gasteiger partial charge in [-0.2, -0.15) is 0 Å². The highest BCUT2D eigenvalue weighted by Crippen LogP contribution is 2.25. The molecule has 0 saturated carbocycles. The Morgan fingerprint density at radius 2 is 2.11 bits per heavy atom. The Morgan fingerprint density at radius 1 is 1.44 bits per heavy atom. The molecular formula is C12H17N3O3. The molecule has 4 N–H and O–H groups in total. The largest absolute Gasteiger partial charge is 0.495 e. The van der Waals surface area contributed by atoms with Crippen molar-refractivity contribution >= 4 is 17.6 Å². The smallest absolute Gasteiger partial charge is 0.411 e. The molecule has 0 aliphatic rings. The van der Waals surface area contributed by atoms with Crippen LogP contribution < -0.4 is 15.8 Å². The molecule has 0 aliphatic heterocycles. The Balaban J connectivity index is 2.89. The van der Waals surface area contributed by atoms with Crippen LogP contribution >= 0.6 is 0 Å². The lowest BCUT2D eigenvalue weighted by Crippen LogP contribution is -2.18. The fourth-order valence-electron chi connectivity index (χ4n) is 1.32. The van der Waals surface area contributed by atoms with Crippen LogP contribution in [0.25, 0.3) is 0 Å². The van der Waals surface area contributed by atoms with Crippen LogP contribution in [0.2, 0.25) is 0 Å². The molecule has 0 radical (unpaired) electrons. The van der Waals surface area contributed by atoms with Gasteiger partial charge in [-0.1, -0.05) is 0 Å². The molecule has 1 rings (SSSR count). The van der Waals surface area contributed by atoms with Gasteiger partial charge in [-0.05, 0) is 32.0 Å². The van der Waals surface area contributed by atoms with Crippen molar-refractivity contribution in [1.82, 2.24) is 0 Å². The van der Waals surface area contributed by atoms with Gasteiger partial charge in [0.2, 0.25) is 0 Å². The zero-order chi connectivity index (χ0) is 13.7. The summed E-state index contributed by atoms with van der Waals surface area (Å²) in [4.78, 5) is 11.5. The number of anilines is 1. The van der Waals surface area contributed by atoms with Crippen LogP contribution in [0.4, 0.5) is 10.5 Å². The zero-order valence-electron chi connectivity index (χ0n) is 10.6. The topological polar surface area (TPSA) is 97.4 Å². The van der Waals surface area contributed by atoms with E-state index in [0.29, 0.717) is 17.0 Å². The number of ether oxygens (including phenoxy) is 2. The van der Waals surface area contributed by atoms with Gasteiger partial charge in [0, 0.05) is 5.56 Å². The third-order valence-corrected chi connectivity index (χ3v) is 2.09. The summed E-state index contributed by atoms with van der Waals surface area (Å²) in [6.07, 6.45) is -0.758. The fourth-order valence-corrected chi connectivity index (χ4v) is 1.32. The molecule has 0 unspecified atom stereocenters. The molecule has 18 heavy (non-hydrogen) atoms. The van der Waals surface area contributed by atoms with E-state index in [2.05, 4.69) is 5.32 Å². The first-order valence-corrected chi connectivity index (χ1v) is 5.44. The fraction of sp³-hybridized carbons (Fsp3) is 0.333. The molecule has 0 fully saturated rings. The predicted molar refractivity (Wildman–Crippen MR) is 69.2 cm³/mol. The van der Waals surface area contributed by atoms with Crippen molar-refractivity contribution in [3.63, 3.8) is 0 Å². The molecule has 1 aromatic carbocycles. The van der Waals surface area contributed by atoms with E-state index in [0.717, 1.165) is 0 Å². The summed E-state index contributed by atoms with van der Waals surface area (Å²) in [5.74, 6) is 0.355. The minimum Gasteiger partial charge on any atom is -0.495 e. The number of amidine groups is 1. The van der Waals surface area contributed by atoms with Crippen molar-refractivity contribution < 1.29 is 14.3 Å². The van der Waals surface area contributed by atoms with Crippen LogP contribution in [-0.4, -0.2) is 25.1 Å². The Hall–Kier alpha value is -2.24. The van der Waals surface area contributed by atoms with E-state index in [4.69, 9.17) is 20.6 Å². The van der Waals surface area contributed by atoms with E-state index in [9.17, 15) is 4.79 Å². The van der Waals surface area contributed by atoms with E-state index in [1.165, 1.54) is 7.11 Å². The van der Waals surface area contributed by atoms with E-state index in [1.807, 2.05) is 0 Å². The molecule has 0 bridgehead atoms. The Kier molecular flexibility index (Phi) is 4.53. The molecule has 0 saturated heterocycles. The van der Waals surface area contributed by atoms with E-state index in [1.54, 1.807) is 32.0 Å². The highest BCUT2D eigenvalue weighted by atomic mass is 16.6. The molecule has 0 aliphatic carbocycles. The van der Waals surface area contributed by atoms with Gasteiger partial charge in [-0.25, -0.2) is 4.79 Å². The summed E-state index contributed by atoms with van der Waals surface area (Å²) in [5.41, 5.74) is 6.36. The number of carbonyl (C=O) groups excluding carboxylic acids is 1. The molecule has 6 nitrogen and oxygen atoms in total. The average Bonchev–Trinajstić information content (AvgIpc) is 2.27. The minimum absolute atomic E-state index is 0.0652. The number of nitrogens with two attached hydrogens (primary N) is 1. The molecule has 1 amide bonds. The standard InChI is InChI=1S/C12H17N3O3/c1-7(2)18-12(16)15-9-5-4-8(11(13)14)6-10(9)17-3/h4-7H,1-3H3,(H3,13,14)(H,15,16). The summed E-state index contributed by atoms with van der Waals surface area (Å²) in [6, 6.07) is 4.81. The molecule has 0 aromatic heterocycles. The third kappa shape index (κ3) is 3.65. The maximum absolute atomic E-state index is 11.5. The van der Waals surface area contributed by atoms with Crippen molar-refractivity contribution in [1.29, 1.82) is 5.41 Å². The van der Waals surface area contributed by atoms with Crippen LogP contribution in [0.15, 0.2) is 18.2 Å². The lowest BCUT2D eigenvalue weighted by atomic mass is 10.1. The Labute approximate surface area is 106 Å². The SMILES string of the molecule is COc1cc(C(=N)N)ccc1NC(=O)OC(C)C. The third-order valence-electron chi connectivity index (χ3n) is 2.09.